The predicted molar refractivity (Wildman–Crippen MR) is 136 cm³/mol. The van der Waals surface area contributed by atoms with Crippen LogP contribution in [0.1, 0.15) is 27.7 Å². The summed E-state index contributed by atoms with van der Waals surface area (Å²) in [6.45, 7) is 0. The van der Waals surface area contributed by atoms with Crippen LogP contribution in [0.2, 0.25) is 5.02 Å². The molecule has 0 saturated carbocycles. The summed E-state index contributed by atoms with van der Waals surface area (Å²) < 4.78 is 15.0. The molecule has 1 amide bonds. The van der Waals surface area contributed by atoms with E-state index in [0.29, 0.717) is 27.7 Å². The van der Waals surface area contributed by atoms with Crippen molar-refractivity contribution in [2.75, 3.05) is 0 Å². The molecular weight excluding hydrogens is 461 g/mol. The minimum atomic E-state index is -0.359. The van der Waals surface area contributed by atoms with Crippen LogP contribution in [0.15, 0.2) is 115 Å². The largest absolute Gasteiger partial charge is 0.340 e. The van der Waals surface area contributed by atoms with Crippen LogP contribution >= 0.6 is 11.6 Å². The predicted octanol–water partition coefficient (Wildman–Crippen LogP) is 6.85. The number of carbonyl (C=O) groups excluding carboxylic acids is 1. The molecule has 0 atom stereocenters. The maximum Gasteiger partial charge on any atom is 0.270 e. The lowest BCUT2D eigenvalue weighted by atomic mass is 9.98. The molecular formula is C29H21ClFN3O. The van der Waals surface area contributed by atoms with Crippen LogP contribution in [-0.2, 0) is 0 Å². The molecule has 0 aliphatic heterocycles. The van der Waals surface area contributed by atoms with Crippen molar-refractivity contribution >= 4 is 17.5 Å². The van der Waals surface area contributed by atoms with Crippen molar-refractivity contribution in [3.8, 4) is 16.9 Å². The van der Waals surface area contributed by atoms with Crippen LogP contribution in [0.4, 0.5) is 4.39 Å². The fourth-order valence-corrected chi connectivity index (χ4v) is 4.15. The van der Waals surface area contributed by atoms with Crippen molar-refractivity contribution in [1.82, 2.24) is 15.1 Å². The number of nitrogens with zero attached hydrogens (tertiary/aromatic N) is 2. The Balaban J connectivity index is 1.57. The van der Waals surface area contributed by atoms with Crippen molar-refractivity contribution in [3.63, 3.8) is 0 Å². The lowest BCUT2D eigenvalue weighted by Gasteiger charge is -2.20. The van der Waals surface area contributed by atoms with E-state index in [9.17, 15) is 9.18 Å². The molecule has 0 radical (unpaired) electrons. The molecule has 0 saturated heterocycles. The van der Waals surface area contributed by atoms with Gasteiger partial charge in [0.25, 0.3) is 5.91 Å². The van der Waals surface area contributed by atoms with Crippen LogP contribution in [0.5, 0.6) is 0 Å². The molecule has 1 N–H and O–H groups in total. The molecule has 4 nitrogen and oxygen atoms in total. The third-order valence-corrected chi connectivity index (χ3v) is 5.91. The molecule has 4 aromatic carbocycles. The summed E-state index contributed by atoms with van der Waals surface area (Å²) in [5.74, 6) is -0.641. The minimum absolute atomic E-state index is 0.302. The van der Waals surface area contributed by atoms with Gasteiger partial charge in [-0.3, -0.25) is 4.79 Å². The van der Waals surface area contributed by atoms with Gasteiger partial charge in [-0.25, -0.2) is 9.07 Å². The van der Waals surface area contributed by atoms with E-state index in [1.54, 1.807) is 41.1 Å². The topological polar surface area (TPSA) is 46.9 Å². The molecule has 5 rings (SSSR count). The van der Waals surface area contributed by atoms with E-state index >= 15 is 0 Å². The van der Waals surface area contributed by atoms with Gasteiger partial charge in [0.2, 0.25) is 0 Å². The van der Waals surface area contributed by atoms with E-state index in [-0.39, 0.29) is 17.8 Å². The Bertz CT molecular complexity index is 1410. The van der Waals surface area contributed by atoms with E-state index in [2.05, 4.69) is 10.4 Å². The molecule has 172 valence electrons. The lowest BCUT2D eigenvalue weighted by molar-refractivity contribution is 0.0935. The number of benzene rings is 4. The number of aromatic nitrogens is 2. The van der Waals surface area contributed by atoms with Gasteiger partial charge in [0.15, 0.2) is 0 Å². The number of hydrogen-bond acceptors (Lipinski definition) is 2. The first kappa shape index (κ1) is 22.6. The molecule has 0 aliphatic rings. The zero-order valence-corrected chi connectivity index (χ0v) is 19.4. The van der Waals surface area contributed by atoms with E-state index in [4.69, 9.17) is 11.6 Å². The van der Waals surface area contributed by atoms with Gasteiger partial charge < -0.3 is 5.32 Å². The normalized spacial score (nSPS) is 10.9. The van der Waals surface area contributed by atoms with Gasteiger partial charge in [-0.15, -0.1) is 0 Å². The summed E-state index contributed by atoms with van der Waals surface area (Å²) in [7, 11) is 0. The second kappa shape index (κ2) is 9.95. The van der Waals surface area contributed by atoms with Crippen LogP contribution in [0, 0.1) is 5.82 Å². The second-order valence-corrected chi connectivity index (χ2v) is 8.48. The Kier molecular flexibility index (Phi) is 6.42. The summed E-state index contributed by atoms with van der Waals surface area (Å²) in [5, 5.41) is 8.37. The minimum Gasteiger partial charge on any atom is -0.340 e. The number of halogens is 2. The quantitative estimate of drug-likeness (QED) is 0.288. The first-order chi connectivity index (χ1) is 17.1. The number of carbonyl (C=O) groups is 1. The molecule has 0 aliphatic carbocycles. The molecule has 0 bridgehead atoms. The van der Waals surface area contributed by atoms with Gasteiger partial charge in [0, 0.05) is 10.6 Å². The number of hydrogen-bond donors (Lipinski definition) is 1. The third kappa shape index (κ3) is 5.00. The SMILES string of the molecule is O=C(NC(c1ccccc1)c1ccccc1)c1cc(-c2ccc(F)cc2)nn1-c1cccc(Cl)c1. The zero-order valence-electron chi connectivity index (χ0n) is 18.6. The summed E-state index contributed by atoms with van der Waals surface area (Å²) in [6, 6.07) is 34.1. The Hall–Kier alpha value is -4.22. The van der Waals surface area contributed by atoms with Crippen molar-refractivity contribution in [2.45, 2.75) is 6.04 Å². The highest BCUT2D eigenvalue weighted by atomic mass is 35.5. The van der Waals surface area contributed by atoms with Crippen LogP contribution in [0.25, 0.3) is 16.9 Å². The fraction of sp³-hybridized carbons (Fsp3) is 0.0345. The fourth-order valence-electron chi connectivity index (χ4n) is 3.96. The van der Waals surface area contributed by atoms with Gasteiger partial charge in [0.05, 0.1) is 17.4 Å². The molecule has 0 fully saturated rings. The Morgan fingerprint density at radius 3 is 2.03 bits per heavy atom. The average molecular weight is 482 g/mol. The maximum atomic E-state index is 13.7. The molecule has 0 spiro atoms. The molecule has 5 aromatic rings. The highest BCUT2D eigenvalue weighted by Crippen LogP contribution is 2.26. The van der Waals surface area contributed by atoms with Crippen LogP contribution < -0.4 is 5.32 Å². The van der Waals surface area contributed by atoms with E-state index < -0.39 is 0 Å². The third-order valence-electron chi connectivity index (χ3n) is 5.68. The maximum absolute atomic E-state index is 13.7. The summed E-state index contributed by atoms with van der Waals surface area (Å²) in [6.07, 6.45) is 0. The number of rotatable bonds is 6. The van der Waals surface area contributed by atoms with Crippen LogP contribution in [0.3, 0.4) is 0 Å². The molecule has 6 heteroatoms. The van der Waals surface area contributed by atoms with Crippen molar-refractivity contribution in [3.05, 3.63) is 143 Å². The van der Waals surface area contributed by atoms with Gasteiger partial charge in [-0.2, -0.15) is 5.10 Å². The van der Waals surface area contributed by atoms with Crippen molar-refractivity contribution in [1.29, 1.82) is 0 Å². The summed E-state index contributed by atoms with van der Waals surface area (Å²) >= 11 is 6.23. The Labute approximate surface area is 207 Å². The molecule has 1 aromatic heterocycles. The van der Waals surface area contributed by atoms with E-state index in [0.717, 1.165) is 11.1 Å². The Morgan fingerprint density at radius 1 is 0.800 bits per heavy atom. The van der Waals surface area contributed by atoms with Gasteiger partial charge >= 0.3 is 0 Å². The smallest absolute Gasteiger partial charge is 0.270 e. The molecule has 1 heterocycles. The van der Waals surface area contributed by atoms with Crippen molar-refractivity contribution in [2.24, 2.45) is 0 Å². The Morgan fingerprint density at radius 2 is 1.43 bits per heavy atom. The lowest BCUT2D eigenvalue weighted by Crippen LogP contribution is -2.31. The van der Waals surface area contributed by atoms with Crippen molar-refractivity contribution < 1.29 is 9.18 Å². The molecule has 0 unspecified atom stereocenters. The first-order valence-electron chi connectivity index (χ1n) is 11.1. The highest BCUT2D eigenvalue weighted by molar-refractivity contribution is 6.30. The van der Waals surface area contributed by atoms with Crippen LogP contribution in [-0.4, -0.2) is 15.7 Å². The number of amides is 1. The summed E-state index contributed by atoms with van der Waals surface area (Å²) in [5.41, 5.74) is 4.14. The molecule has 35 heavy (non-hydrogen) atoms. The standard InChI is InChI=1S/C29H21ClFN3O/c30-23-12-7-13-25(18-23)34-27(19-26(33-34)20-14-16-24(31)17-15-20)29(35)32-28(21-8-3-1-4-9-21)22-10-5-2-6-11-22/h1-19,28H,(H,32,35). The van der Waals surface area contributed by atoms with Gasteiger partial charge in [-0.05, 0) is 59.7 Å². The highest BCUT2D eigenvalue weighted by Gasteiger charge is 2.22. The second-order valence-electron chi connectivity index (χ2n) is 8.04. The first-order valence-corrected chi connectivity index (χ1v) is 11.5. The van der Waals surface area contributed by atoms with E-state index in [1.165, 1.54) is 12.1 Å². The zero-order chi connectivity index (χ0) is 24.2. The van der Waals surface area contributed by atoms with Gasteiger partial charge in [0.1, 0.15) is 11.5 Å². The summed E-state index contributed by atoms with van der Waals surface area (Å²) in [4.78, 5) is 13.7. The van der Waals surface area contributed by atoms with Gasteiger partial charge in [-0.1, -0.05) is 78.3 Å². The van der Waals surface area contributed by atoms with E-state index in [1.807, 2.05) is 66.7 Å². The average Bonchev–Trinajstić information content (AvgIpc) is 3.34. The monoisotopic (exact) mass is 481 g/mol. The number of nitrogens with one attached hydrogen (secondary N) is 1.